The SMILES string of the molecule is CC(O)C1CCN(CCC(O)c2ccccc2F)CC1. The molecule has 2 unspecified atom stereocenters. The zero-order valence-corrected chi connectivity index (χ0v) is 12.0. The second kappa shape index (κ2) is 7.16. The summed E-state index contributed by atoms with van der Waals surface area (Å²) in [7, 11) is 0. The number of nitrogens with zero attached hydrogens (tertiary/aromatic N) is 1. The molecule has 0 aromatic heterocycles. The molecule has 0 aliphatic carbocycles. The minimum absolute atomic E-state index is 0.235. The Kier molecular flexibility index (Phi) is 5.52. The zero-order chi connectivity index (χ0) is 14.5. The van der Waals surface area contributed by atoms with Gasteiger partial charge in [0.2, 0.25) is 0 Å². The lowest BCUT2D eigenvalue weighted by atomic mass is 9.92. The first-order valence-corrected chi connectivity index (χ1v) is 7.41. The standard InChI is InChI=1S/C16H24FNO2/c1-12(19)13-6-9-18(10-7-13)11-8-16(20)14-4-2-3-5-15(14)17/h2-5,12-13,16,19-20H,6-11H2,1H3. The van der Waals surface area contributed by atoms with Crippen molar-refractivity contribution in [1.82, 2.24) is 4.90 Å². The van der Waals surface area contributed by atoms with Crippen LogP contribution >= 0.6 is 0 Å². The Morgan fingerprint density at radius 3 is 2.50 bits per heavy atom. The molecule has 0 radical (unpaired) electrons. The summed E-state index contributed by atoms with van der Waals surface area (Å²) in [6, 6.07) is 6.40. The quantitative estimate of drug-likeness (QED) is 0.870. The third-order valence-electron chi connectivity index (χ3n) is 4.30. The average Bonchev–Trinajstić information content (AvgIpc) is 2.45. The maximum absolute atomic E-state index is 13.5. The third kappa shape index (κ3) is 4.01. The summed E-state index contributed by atoms with van der Waals surface area (Å²) in [6.45, 7) is 4.50. The molecule has 20 heavy (non-hydrogen) atoms. The van der Waals surface area contributed by atoms with Gasteiger partial charge in [-0.05, 0) is 51.3 Å². The highest BCUT2D eigenvalue weighted by Gasteiger charge is 2.23. The molecule has 4 heteroatoms. The smallest absolute Gasteiger partial charge is 0.128 e. The summed E-state index contributed by atoms with van der Waals surface area (Å²) in [5, 5.41) is 19.6. The van der Waals surface area contributed by atoms with Crippen molar-refractivity contribution in [3.05, 3.63) is 35.6 Å². The van der Waals surface area contributed by atoms with E-state index >= 15 is 0 Å². The van der Waals surface area contributed by atoms with Gasteiger partial charge in [-0.1, -0.05) is 18.2 Å². The van der Waals surface area contributed by atoms with Gasteiger partial charge in [0, 0.05) is 12.1 Å². The van der Waals surface area contributed by atoms with Crippen LogP contribution in [0.25, 0.3) is 0 Å². The van der Waals surface area contributed by atoms with Gasteiger partial charge >= 0.3 is 0 Å². The zero-order valence-electron chi connectivity index (χ0n) is 12.0. The number of benzene rings is 1. The Hall–Kier alpha value is -0.970. The molecule has 1 saturated heterocycles. The summed E-state index contributed by atoms with van der Waals surface area (Å²) in [5.74, 6) is 0.0514. The molecule has 1 heterocycles. The van der Waals surface area contributed by atoms with Crippen molar-refractivity contribution in [2.45, 2.75) is 38.4 Å². The Labute approximate surface area is 120 Å². The van der Waals surface area contributed by atoms with Gasteiger partial charge in [0.25, 0.3) is 0 Å². The molecule has 3 nitrogen and oxygen atoms in total. The highest BCUT2D eigenvalue weighted by atomic mass is 19.1. The molecule has 1 aromatic carbocycles. The Balaban J connectivity index is 1.78. The molecule has 2 rings (SSSR count). The molecule has 2 atom stereocenters. The summed E-state index contributed by atoms with van der Waals surface area (Å²) in [5.41, 5.74) is 0.381. The van der Waals surface area contributed by atoms with Crippen molar-refractivity contribution < 1.29 is 14.6 Å². The Bertz CT molecular complexity index is 417. The van der Waals surface area contributed by atoms with E-state index in [-0.39, 0.29) is 11.9 Å². The molecule has 1 fully saturated rings. The summed E-state index contributed by atoms with van der Waals surface area (Å²) in [6.07, 6.45) is 1.55. The van der Waals surface area contributed by atoms with Gasteiger partial charge in [-0.25, -0.2) is 4.39 Å². The van der Waals surface area contributed by atoms with Crippen LogP contribution < -0.4 is 0 Å². The van der Waals surface area contributed by atoms with E-state index in [2.05, 4.69) is 4.90 Å². The Morgan fingerprint density at radius 1 is 1.25 bits per heavy atom. The fraction of sp³-hybridized carbons (Fsp3) is 0.625. The number of hydrogen-bond acceptors (Lipinski definition) is 3. The first-order valence-electron chi connectivity index (χ1n) is 7.41. The van der Waals surface area contributed by atoms with Gasteiger partial charge in [-0.15, -0.1) is 0 Å². The molecule has 1 aromatic rings. The number of hydrogen-bond donors (Lipinski definition) is 2. The molecule has 0 saturated carbocycles. The van der Waals surface area contributed by atoms with Crippen LogP contribution in [0.4, 0.5) is 4.39 Å². The van der Waals surface area contributed by atoms with Crippen LogP contribution in [0, 0.1) is 11.7 Å². The van der Waals surface area contributed by atoms with Crippen molar-refractivity contribution in [3.63, 3.8) is 0 Å². The first kappa shape index (κ1) is 15.4. The molecule has 112 valence electrons. The highest BCUT2D eigenvalue weighted by molar-refractivity contribution is 5.19. The van der Waals surface area contributed by atoms with Gasteiger partial charge < -0.3 is 15.1 Å². The van der Waals surface area contributed by atoms with Crippen LogP contribution in [0.2, 0.25) is 0 Å². The first-order chi connectivity index (χ1) is 9.58. The van der Waals surface area contributed by atoms with Crippen LogP contribution in [-0.4, -0.2) is 40.9 Å². The van der Waals surface area contributed by atoms with E-state index in [0.717, 1.165) is 32.5 Å². The van der Waals surface area contributed by atoms with Gasteiger partial charge in [-0.3, -0.25) is 0 Å². The highest BCUT2D eigenvalue weighted by Crippen LogP contribution is 2.23. The molecule has 0 bridgehead atoms. The molecular formula is C16H24FNO2. The van der Waals surface area contributed by atoms with E-state index < -0.39 is 6.10 Å². The van der Waals surface area contributed by atoms with Crippen LogP contribution in [0.1, 0.15) is 37.9 Å². The second-order valence-electron chi connectivity index (χ2n) is 5.75. The second-order valence-corrected chi connectivity index (χ2v) is 5.75. The lowest BCUT2D eigenvalue weighted by molar-refractivity contribution is 0.0637. The van der Waals surface area contributed by atoms with Crippen LogP contribution in [0.15, 0.2) is 24.3 Å². The van der Waals surface area contributed by atoms with Gasteiger partial charge in [0.1, 0.15) is 5.82 Å². The van der Waals surface area contributed by atoms with Crippen molar-refractivity contribution in [3.8, 4) is 0 Å². The molecule has 0 spiro atoms. The van der Waals surface area contributed by atoms with Crippen molar-refractivity contribution in [1.29, 1.82) is 0 Å². The van der Waals surface area contributed by atoms with Gasteiger partial charge in [0.15, 0.2) is 0 Å². The van der Waals surface area contributed by atoms with E-state index in [1.54, 1.807) is 18.2 Å². The number of aliphatic hydroxyl groups is 2. The molecule has 1 aliphatic rings. The van der Waals surface area contributed by atoms with Crippen LogP contribution in [0.5, 0.6) is 0 Å². The summed E-state index contributed by atoms with van der Waals surface area (Å²) in [4.78, 5) is 2.28. The Morgan fingerprint density at radius 2 is 1.90 bits per heavy atom. The normalized spacial score (nSPS) is 20.8. The van der Waals surface area contributed by atoms with E-state index in [1.165, 1.54) is 6.07 Å². The molecule has 2 N–H and O–H groups in total. The van der Waals surface area contributed by atoms with E-state index in [9.17, 15) is 14.6 Å². The van der Waals surface area contributed by atoms with Crippen molar-refractivity contribution in [2.75, 3.05) is 19.6 Å². The monoisotopic (exact) mass is 281 g/mol. The predicted octanol–water partition coefficient (Wildman–Crippen LogP) is 2.34. The number of aliphatic hydroxyl groups excluding tert-OH is 2. The van der Waals surface area contributed by atoms with Gasteiger partial charge in [-0.2, -0.15) is 0 Å². The minimum Gasteiger partial charge on any atom is -0.393 e. The van der Waals surface area contributed by atoms with Crippen molar-refractivity contribution >= 4 is 0 Å². The van der Waals surface area contributed by atoms with Crippen LogP contribution in [-0.2, 0) is 0 Å². The average molecular weight is 281 g/mol. The topological polar surface area (TPSA) is 43.7 Å². The molecule has 0 amide bonds. The van der Waals surface area contributed by atoms with E-state index in [0.29, 0.717) is 17.9 Å². The minimum atomic E-state index is -0.745. The number of likely N-dealkylation sites (tertiary alicyclic amines) is 1. The number of rotatable bonds is 5. The maximum atomic E-state index is 13.5. The predicted molar refractivity (Wildman–Crippen MR) is 76.8 cm³/mol. The molecular weight excluding hydrogens is 257 g/mol. The number of halogens is 1. The van der Waals surface area contributed by atoms with Crippen molar-refractivity contribution in [2.24, 2.45) is 5.92 Å². The largest absolute Gasteiger partial charge is 0.393 e. The fourth-order valence-corrected chi connectivity index (χ4v) is 2.86. The number of piperidine rings is 1. The molecule has 1 aliphatic heterocycles. The summed E-state index contributed by atoms with van der Waals surface area (Å²) < 4.78 is 13.5. The summed E-state index contributed by atoms with van der Waals surface area (Å²) >= 11 is 0. The van der Waals surface area contributed by atoms with Gasteiger partial charge in [0.05, 0.1) is 12.2 Å². The fourth-order valence-electron chi connectivity index (χ4n) is 2.86. The van der Waals surface area contributed by atoms with Crippen LogP contribution in [0.3, 0.4) is 0 Å². The third-order valence-corrected chi connectivity index (χ3v) is 4.30. The lowest BCUT2D eigenvalue weighted by Crippen LogP contribution is -2.37. The van der Waals surface area contributed by atoms with E-state index in [1.807, 2.05) is 6.92 Å². The van der Waals surface area contributed by atoms with E-state index in [4.69, 9.17) is 0 Å². The maximum Gasteiger partial charge on any atom is 0.128 e. The lowest BCUT2D eigenvalue weighted by Gasteiger charge is -2.33.